The molecule has 2 aromatic rings. The number of halogens is 1. The smallest absolute Gasteiger partial charge is 0.339 e. The molecule has 110 valence electrons. The minimum atomic E-state index is -0.971. The highest BCUT2D eigenvalue weighted by molar-refractivity contribution is 6.31. The molecule has 0 saturated carbocycles. The van der Waals surface area contributed by atoms with Crippen LogP contribution in [0.2, 0.25) is 5.02 Å². The SMILES string of the molecule is Cc1cc(C)c(C(=O)O)c(N(C)Cc2ccccc2Cl)n1. The number of pyridine rings is 1. The number of hydrogen-bond acceptors (Lipinski definition) is 3. The van der Waals surface area contributed by atoms with E-state index in [9.17, 15) is 9.90 Å². The van der Waals surface area contributed by atoms with E-state index < -0.39 is 5.97 Å². The molecule has 0 aliphatic carbocycles. The van der Waals surface area contributed by atoms with Crippen LogP contribution in [0.1, 0.15) is 27.2 Å². The molecule has 0 spiro atoms. The van der Waals surface area contributed by atoms with Crippen molar-refractivity contribution in [1.29, 1.82) is 0 Å². The van der Waals surface area contributed by atoms with Crippen LogP contribution in [-0.2, 0) is 6.54 Å². The van der Waals surface area contributed by atoms with Crippen LogP contribution < -0.4 is 4.90 Å². The molecule has 0 radical (unpaired) electrons. The van der Waals surface area contributed by atoms with Crippen LogP contribution in [-0.4, -0.2) is 23.1 Å². The average molecular weight is 305 g/mol. The number of carboxylic acids is 1. The van der Waals surface area contributed by atoms with Crippen molar-refractivity contribution in [2.75, 3.05) is 11.9 Å². The number of carbonyl (C=O) groups is 1. The molecule has 0 fully saturated rings. The van der Waals surface area contributed by atoms with Gasteiger partial charge in [0.15, 0.2) is 0 Å². The summed E-state index contributed by atoms with van der Waals surface area (Å²) in [6.07, 6.45) is 0. The summed E-state index contributed by atoms with van der Waals surface area (Å²) in [7, 11) is 1.82. The van der Waals surface area contributed by atoms with E-state index in [0.29, 0.717) is 22.9 Å². The molecule has 4 nitrogen and oxygen atoms in total. The summed E-state index contributed by atoms with van der Waals surface area (Å²) in [6.45, 7) is 4.13. The molecule has 1 aromatic heterocycles. The number of rotatable bonds is 4. The largest absolute Gasteiger partial charge is 0.478 e. The van der Waals surface area contributed by atoms with E-state index in [1.54, 1.807) is 13.0 Å². The quantitative estimate of drug-likeness (QED) is 0.936. The van der Waals surface area contributed by atoms with Gasteiger partial charge in [0, 0.05) is 24.3 Å². The normalized spacial score (nSPS) is 10.5. The molecule has 0 saturated heterocycles. The van der Waals surface area contributed by atoms with Crippen molar-refractivity contribution in [3.8, 4) is 0 Å². The van der Waals surface area contributed by atoms with Crippen LogP contribution in [0.15, 0.2) is 30.3 Å². The van der Waals surface area contributed by atoms with Crippen LogP contribution >= 0.6 is 11.6 Å². The van der Waals surface area contributed by atoms with Crippen molar-refractivity contribution in [3.63, 3.8) is 0 Å². The fourth-order valence-corrected chi connectivity index (χ4v) is 2.51. The van der Waals surface area contributed by atoms with Crippen LogP contribution in [0.5, 0.6) is 0 Å². The number of hydrogen-bond donors (Lipinski definition) is 1. The second kappa shape index (κ2) is 6.14. The van der Waals surface area contributed by atoms with Crippen molar-refractivity contribution in [1.82, 2.24) is 4.98 Å². The maximum absolute atomic E-state index is 11.5. The summed E-state index contributed by atoms with van der Waals surface area (Å²) < 4.78 is 0. The molecule has 1 heterocycles. The zero-order chi connectivity index (χ0) is 15.6. The third kappa shape index (κ3) is 3.34. The first-order chi connectivity index (χ1) is 9.90. The fourth-order valence-electron chi connectivity index (χ4n) is 2.31. The molecule has 0 aliphatic heterocycles. The van der Waals surface area contributed by atoms with Crippen molar-refractivity contribution >= 4 is 23.4 Å². The minimum absolute atomic E-state index is 0.232. The molecule has 21 heavy (non-hydrogen) atoms. The zero-order valence-electron chi connectivity index (χ0n) is 12.2. The Morgan fingerprint density at radius 3 is 2.62 bits per heavy atom. The van der Waals surface area contributed by atoms with Gasteiger partial charge in [0.2, 0.25) is 0 Å². The van der Waals surface area contributed by atoms with E-state index >= 15 is 0 Å². The second-order valence-electron chi connectivity index (χ2n) is 5.03. The van der Waals surface area contributed by atoms with Crippen LogP contribution in [0.4, 0.5) is 5.82 Å². The summed E-state index contributed by atoms with van der Waals surface area (Å²) in [6, 6.07) is 9.28. The summed E-state index contributed by atoms with van der Waals surface area (Å²) >= 11 is 6.16. The van der Waals surface area contributed by atoms with Crippen LogP contribution in [0.3, 0.4) is 0 Å². The van der Waals surface area contributed by atoms with E-state index in [0.717, 1.165) is 11.3 Å². The Hall–Kier alpha value is -2.07. The van der Waals surface area contributed by atoms with E-state index in [1.807, 2.05) is 43.1 Å². The molecule has 0 atom stereocenters. The van der Waals surface area contributed by atoms with Crippen molar-refractivity contribution in [2.24, 2.45) is 0 Å². The average Bonchev–Trinajstić information content (AvgIpc) is 2.39. The highest BCUT2D eigenvalue weighted by atomic mass is 35.5. The Balaban J connectivity index is 2.41. The van der Waals surface area contributed by atoms with Gasteiger partial charge in [-0.25, -0.2) is 9.78 Å². The number of anilines is 1. The van der Waals surface area contributed by atoms with Crippen molar-refractivity contribution in [3.05, 3.63) is 57.7 Å². The monoisotopic (exact) mass is 304 g/mol. The Morgan fingerprint density at radius 1 is 1.33 bits per heavy atom. The number of aromatic carboxylic acids is 1. The molecule has 1 aromatic carbocycles. The third-order valence-corrected chi connectivity index (χ3v) is 3.64. The Bertz CT molecular complexity index is 686. The summed E-state index contributed by atoms with van der Waals surface area (Å²) in [4.78, 5) is 17.7. The Labute approximate surface area is 129 Å². The first kappa shape index (κ1) is 15.3. The number of aromatic nitrogens is 1. The maximum Gasteiger partial charge on any atom is 0.339 e. The van der Waals surface area contributed by atoms with Gasteiger partial charge in [-0.05, 0) is 37.1 Å². The number of aryl methyl sites for hydroxylation is 2. The highest BCUT2D eigenvalue weighted by Crippen LogP contribution is 2.25. The second-order valence-corrected chi connectivity index (χ2v) is 5.44. The van der Waals surface area contributed by atoms with Gasteiger partial charge in [0.05, 0.1) is 0 Å². The van der Waals surface area contributed by atoms with Crippen LogP contribution in [0.25, 0.3) is 0 Å². The van der Waals surface area contributed by atoms with Gasteiger partial charge in [-0.1, -0.05) is 29.8 Å². The van der Waals surface area contributed by atoms with Gasteiger partial charge < -0.3 is 10.0 Å². The van der Waals surface area contributed by atoms with E-state index in [2.05, 4.69) is 4.98 Å². The Kier molecular flexibility index (Phi) is 4.48. The predicted octanol–water partition coefficient (Wildman–Crippen LogP) is 3.69. The number of benzene rings is 1. The first-order valence-corrected chi connectivity index (χ1v) is 6.94. The van der Waals surface area contributed by atoms with Gasteiger partial charge in [-0.15, -0.1) is 0 Å². The van der Waals surface area contributed by atoms with Gasteiger partial charge in [-0.3, -0.25) is 0 Å². The van der Waals surface area contributed by atoms with Crippen molar-refractivity contribution in [2.45, 2.75) is 20.4 Å². The number of nitrogens with zero attached hydrogens (tertiary/aromatic N) is 2. The molecular formula is C16H17ClN2O2. The molecule has 0 unspecified atom stereocenters. The number of carboxylic acid groups (broad SMARTS) is 1. The van der Waals surface area contributed by atoms with Crippen LogP contribution in [0, 0.1) is 13.8 Å². The molecule has 2 rings (SSSR count). The van der Waals surface area contributed by atoms with E-state index in [4.69, 9.17) is 11.6 Å². The molecule has 0 bridgehead atoms. The topological polar surface area (TPSA) is 53.4 Å². The zero-order valence-corrected chi connectivity index (χ0v) is 13.0. The molecular weight excluding hydrogens is 288 g/mol. The van der Waals surface area contributed by atoms with Gasteiger partial charge in [-0.2, -0.15) is 0 Å². The standard InChI is InChI=1S/C16H17ClN2O2/c1-10-8-11(2)18-15(14(10)16(20)21)19(3)9-12-6-4-5-7-13(12)17/h4-8H,9H2,1-3H3,(H,20,21). The summed E-state index contributed by atoms with van der Waals surface area (Å²) in [5.41, 5.74) is 2.66. The predicted molar refractivity (Wildman–Crippen MR) is 84.2 cm³/mol. The van der Waals surface area contributed by atoms with E-state index in [1.165, 1.54) is 0 Å². The molecule has 1 N–H and O–H groups in total. The molecule has 0 aliphatic rings. The lowest BCUT2D eigenvalue weighted by Gasteiger charge is -2.22. The summed E-state index contributed by atoms with van der Waals surface area (Å²) in [5.74, 6) is -0.513. The lowest BCUT2D eigenvalue weighted by atomic mass is 10.1. The van der Waals surface area contributed by atoms with E-state index in [-0.39, 0.29) is 5.56 Å². The lowest BCUT2D eigenvalue weighted by Crippen LogP contribution is -2.22. The van der Waals surface area contributed by atoms with Gasteiger partial charge in [0.1, 0.15) is 11.4 Å². The highest BCUT2D eigenvalue weighted by Gasteiger charge is 2.19. The fraction of sp³-hybridized carbons (Fsp3) is 0.250. The summed E-state index contributed by atoms with van der Waals surface area (Å²) in [5, 5.41) is 10.1. The van der Waals surface area contributed by atoms with Crippen molar-refractivity contribution < 1.29 is 9.90 Å². The Morgan fingerprint density at radius 2 is 2.00 bits per heavy atom. The lowest BCUT2D eigenvalue weighted by molar-refractivity contribution is 0.0696. The van der Waals surface area contributed by atoms with Gasteiger partial charge in [0.25, 0.3) is 0 Å². The minimum Gasteiger partial charge on any atom is -0.478 e. The van der Waals surface area contributed by atoms with Gasteiger partial charge >= 0.3 is 5.97 Å². The molecule has 0 amide bonds. The third-order valence-electron chi connectivity index (χ3n) is 3.27. The maximum atomic E-state index is 11.5. The first-order valence-electron chi connectivity index (χ1n) is 6.56. The molecule has 5 heteroatoms.